The number of anilines is 1. The molecule has 0 amide bonds. The minimum atomic E-state index is -4.69. The summed E-state index contributed by atoms with van der Waals surface area (Å²) < 4.78 is 84.0. The molecule has 0 atom stereocenters. The summed E-state index contributed by atoms with van der Waals surface area (Å²) in [5.41, 5.74) is 4.10. The van der Waals surface area contributed by atoms with Gasteiger partial charge in [-0.15, -0.1) is 0 Å². The third-order valence-electron chi connectivity index (χ3n) is 4.26. The van der Waals surface area contributed by atoms with Crippen LogP contribution in [0.25, 0.3) is 22.0 Å². The molecule has 1 heterocycles. The Morgan fingerprint density at radius 1 is 0.964 bits per heavy atom. The smallest absolute Gasteiger partial charge is 0.433 e. The number of nitrogens with two attached hydrogens (primary N) is 1. The van der Waals surface area contributed by atoms with Gasteiger partial charge in [0.05, 0.1) is 23.9 Å². The van der Waals surface area contributed by atoms with Gasteiger partial charge in [0.15, 0.2) is 0 Å². The molecule has 3 nitrogen and oxygen atoms in total. The van der Waals surface area contributed by atoms with Gasteiger partial charge in [-0.25, -0.2) is 4.98 Å². The number of aromatic nitrogens is 1. The number of hydrogen-bond donors (Lipinski definition) is 1. The lowest BCUT2D eigenvalue weighted by Crippen LogP contribution is -2.10. The average Bonchev–Trinajstić information content (AvgIpc) is 2.60. The van der Waals surface area contributed by atoms with Gasteiger partial charge in [-0.2, -0.15) is 26.3 Å². The molecule has 0 fully saturated rings. The number of nitrogen functional groups attached to an aromatic ring is 1. The first-order chi connectivity index (χ1) is 12.9. The van der Waals surface area contributed by atoms with Crippen molar-refractivity contribution in [1.29, 1.82) is 0 Å². The Labute approximate surface area is 155 Å². The zero-order valence-corrected chi connectivity index (χ0v) is 14.7. The van der Waals surface area contributed by atoms with Crippen molar-refractivity contribution in [2.24, 2.45) is 0 Å². The Morgan fingerprint density at radius 2 is 1.64 bits per heavy atom. The second-order valence-corrected chi connectivity index (χ2v) is 6.17. The van der Waals surface area contributed by atoms with E-state index in [9.17, 15) is 26.3 Å². The number of fused-ring (bicyclic) bond motifs is 1. The van der Waals surface area contributed by atoms with Gasteiger partial charge in [0, 0.05) is 17.0 Å². The highest BCUT2D eigenvalue weighted by Gasteiger charge is 2.34. The van der Waals surface area contributed by atoms with E-state index in [1.807, 2.05) is 0 Å². The first-order valence-corrected chi connectivity index (χ1v) is 7.96. The Kier molecular flexibility index (Phi) is 4.64. The first-order valence-electron chi connectivity index (χ1n) is 7.96. The monoisotopic (exact) mass is 400 g/mol. The van der Waals surface area contributed by atoms with E-state index in [0.717, 1.165) is 18.2 Å². The molecule has 1 aromatic heterocycles. The summed E-state index contributed by atoms with van der Waals surface area (Å²) >= 11 is 0. The molecule has 148 valence electrons. The number of hydrogen-bond acceptors (Lipinski definition) is 3. The number of nitrogens with zero attached hydrogens (tertiary/aromatic N) is 1. The van der Waals surface area contributed by atoms with Crippen molar-refractivity contribution in [1.82, 2.24) is 4.98 Å². The summed E-state index contributed by atoms with van der Waals surface area (Å²) in [7, 11) is 1.30. The van der Waals surface area contributed by atoms with Gasteiger partial charge < -0.3 is 10.5 Å². The molecule has 2 aromatic carbocycles. The fourth-order valence-electron chi connectivity index (χ4n) is 3.05. The van der Waals surface area contributed by atoms with E-state index in [2.05, 4.69) is 4.98 Å². The second-order valence-electron chi connectivity index (χ2n) is 6.17. The fraction of sp³-hybridized carbons (Fsp3) is 0.211. The topological polar surface area (TPSA) is 48.1 Å². The molecule has 0 radical (unpaired) electrons. The predicted octanol–water partition coefficient (Wildman–Crippen LogP) is 5.84. The first kappa shape index (κ1) is 19.8. The third kappa shape index (κ3) is 3.44. The van der Waals surface area contributed by atoms with Crippen LogP contribution >= 0.6 is 0 Å². The standard InChI is InChI=1S/C19H14F6N2O/c1-9-6-14(19(23,24)25)27-17-12(26)8-13(28-2)16(15(9)17)10-4-3-5-11(7-10)18(20,21)22/h3-8H,26H2,1-2H3. The van der Waals surface area contributed by atoms with E-state index in [0.29, 0.717) is 0 Å². The minimum absolute atomic E-state index is 0.0724. The van der Waals surface area contributed by atoms with Gasteiger partial charge in [0.25, 0.3) is 0 Å². The van der Waals surface area contributed by atoms with Gasteiger partial charge in [0.1, 0.15) is 11.4 Å². The van der Waals surface area contributed by atoms with Crippen molar-refractivity contribution in [3.63, 3.8) is 0 Å². The molecule has 0 spiro atoms. The number of rotatable bonds is 2. The van der Waals surface area contributed by atoms with Crippen LogP contribution in [0.5, 0.6) is 5.75 Å². The van der Waals surface area contributed by atoms with Crippen LogP contribution in [-0.4, -0.2) is 12.1 Å². The maximum atomic E-state index is 13.1. The molecule has 3 rings (SSSR count). The zero-order valence-electron chi connectivity index (χ0n) is 14.7. The fourth-order valence-corrected chi connectivity index (χ4v) is 3.05. The number of methoxy groups -OCH3 is 1. The van der Waals surface area contributed by atoms with E-state index < -0.39 is 23.6 Å². The van der Waals surface area contributed by atoms with Crippen LogP contribution < -0.4 is 10.5 Å². The quantitative estimate of drug-likeness (QED) is 0.434. The van der Waals surface area contributed by atoms with E-state index in [1.54, 1.807) is 0 Å². The molecule has 0 saturated heterocycles. The predicted molar refractivity (Wildman–Crippen MR) is 92.9 cm³/mol. The summed E-state index contributed by atoms with van der Waals surface area (Å²) in [5.74, 6) is 0.133. The molecule has 0 aliphatic heterocycles. The van der Waals surface area contributed by atoms with E-state index >= 15 is 0 Å². The third-order valence-corrected chi connectivity index (χ3v) is 4.26. The number of aryl methyl sites for hydroxylation is 1. The Hall–Kier alpha value is -2.97. The summed E-state index contributed by atoms with van der Waals surface area (Å²) in [6, 6.07) is 6.53. The van der Waals surface area contributed by atoms with E-state index in [-0.39, 0.29) is 39.0 Å². The maximum Gasteiger partial charge on any atom is 0.433 e. The number of alkyl halides is 6. The van der Waals surface area contributed by atoms with E-state index in [4.69, 9.17) is 10.5 Å². The summed E-state index contributed by atoms with van der Waals surface area (Å²) in [5, 5.41) is 0.198. The van der Waals surface area contributed by atoms with Crippen molar-refractivity contribution in [2.75, 3.05) is 12.8 Å². The minimum Gasteiger partial charge on any atom is -0.496 e. The number of ether oxygens (including phenoxy) is 1. The van der Waals surface area contributed by atoms with Crippen LogP contribution in [0, 0.1) is 6.92 Å². The number of halogens is 6. The van der Waals surface area contributed by atoms with Crippen molar-refractivity contribution >= 4 is 16.6 Å². The lowest BCUT2D eigenvalue weighted by molar-refractivity contribution is -0.141. The number of benzene rings is 2. The Morgan fingerprint density at radius 3 is 2.21 bits per heavy atom. The van der Waals surface area contributed by atoms with Gasteiger partial charge in [-0.05, 0) is 36.2 Å². The highest BCUT2D eigenvalue weighted by Crippen LogP contribution is 2.43. The van der Waals surface area contributed by atoms with Gasteiger partial charge in [-0.1, -0.05) is 12.1 Å². The molecule has 9 heteroatoms. The van der Waals surface area contributed by atoms with Crippen molar-refractivity contribution in [3.05, 3.63) is 53.2 Å². The SMILES string of the molecule is COc1cc(N)c2nc(C(F)(F)F)cc(C)c2c1-c1cccc(C(F)(F)F)c1. The molecule has 2 N–H and O–H groups in total. The lowest BCUT2D eigenvalue weighted by Gasteiger charge is -2.18. The molecule has 0 aliphatic rings. The lowest BCUT2D eigenvalue weighted by atomic mass is 9.94. The number of pyridine rings is 1. The molecule has 28 heavy (non-hydrogen) atoms. The second kappa shape index (κ2) is 6.57. The van der Waals surface area contributed by atoms with Gasteiger partial charge >= 0.3 is 12.4 Å². The summed E-state index contributed by atoms with van der Waals surface area (Å²) in [4.78, 5) is 3.61. The van der Waals surface area contributed by atoms with E-state index in [1.165, 1.54) is 32.2 Å². The average molecular weight is 400 g/mol. The van der Waals surface area contributed by atoms with Crippen molar-refractivity contribution in [2.45, 2.75) is 19.3 Å². The van der Waals surface area contributed by atoms with Gasteiger partial charge in [-0.3, -0.25) is 0 Å². The van der Waals surface area contributed by atoms with Crippen LogP contribution in [-0.2, 0) is 12.4 Å². The van der Waals surface area contributed by atoms with Crippen molar-refractivity contribution in [3.8, 4) is 16.9 Å². The van der Waals surface area contributed by atoms with Crippen LogP contribution in [0.15, 0.2) is 36.4 Å². The molecule has 0 bridgehead atoms. The van der Waals surface area contributed by atoms with Crippen molar-refractivity contribution < 1.29 is 31.1 Å². The van der Waals surface area contributed by atoms with Crippen LogP contribution in [0.3, 0.4) is 0 Å². The molecule has 0 unspecified atom stereocenters. The maximum absolute atomic E-state index is 13.1. The molecule has 3 aromatic rings. The molecule has 0 saturated carbocycles. The normalized spacial score (nSPS) is 12.4. The highest BCUT2D eigenvalue weighted by atomic mass is 19.4. The van der Waals surface area contributed by atoms with Crippen LogP contribution in [0.4, 0.5) is 32.0 Å². The summed E-state index contributed by atoms with van der Waals surface area (Å²) in [6.07, 6.45) is -9.27. The van der Waals surface area contributed by atoms with Gasteiger partial charge in [0.2, 0.25) is 0 Å². The van der Waals surface area contributed by atoms with Crippen LogP contribution in [0.1, 0.15) is 16.8 Å². The summed E-state index contributed by atoms with van der Waals surface area (Å²) in [6.45, 7) is 1.41. The largest absolute Gasteiger partial charge is 0.496 e. The van der Waals surface area contributed by atoms with Crippen LogP contribution in [0.2, 0.25) is 0 Å². The Balaban J connectivity index is 2.41. The highest BCUT2D eigenvalue weighted by molar-refractivity contribution is 6.05. The molecule has 0 aliphatic carbocycles. The zero-order chi connectivity index (χ0) is 20.9. The Bertz CT molecular complexity index is 1060. The molecular weight excluding hydrogens is 386 g/mol. The molecular formula is C19H14F6N2O.